The molecule has 0 aliphatic heterocycles. The van der Waals surface area contributed by atoms with Crippen molar-refractivity contribution in [2.75, 3.05) is 0 Å². The van der Waals surface area contributed by atoms with Crippen LogP contribution in [0, 0.1) is 0 Å². The molecule has 20 heavy (non-hydrogen) atoms. The van der Waals surface area contributed by atoms with Crippen LogP contribution in [0.4, 0.5) is 0 Å². The second-order valence-corrected chi connectivity index (χ2v) is 4.90. The quantitative estimate of drug-likeness (QED) is 0.568. The summed E-state index contributed by atoms with van der Waals surface area (Å²) >= 11 is 0. The molecule has 0 spiro atoms. The van der Waals surface area contributed by atoms with E-state index in [1.54, 1.807) is 0 Å². The molecule has 106 valence electrons. The summed E-state index contributed by atoms with van der Waals surface area (Å²) < 4.78 is 0. The van der Waals surface area contributed by atoms with Gasteiger partial charge in [0.25, 0.3) is 0 Å². The molecule has 0 heterocycles. The van der Waals surface area contributed by atoms with E-state index >= 15 is 0 Å². The zero-order valence-electron chi connectivity index (χ0n) is 10.8. The third-order valence-electron chi connectivity index (χ3n) is 3.86. The number of carbonyl (C=O) groups excluding carboxylic acids is 2. The molecule has 1 unspecified atom stereocenters. The van der Waals surface area contributed by atoms with Gasteiger partial charge in [-0.1, -0.05) is 6.07 Å². The second-order valence-electron chi connectivity index (χ2n) is 4.90. The molecule has 1 aromatic carbocycles. The lowest BCUT2D eigenvalue weighted by atomic mass is 9.73. The van der Waals surface area contributed by atoms with Crippen LogP contribution < -0.4 is 0 Å². The molecule has 2 rings (SSSR count). The summed E-state index contributed by atoms with van der Waals surface area (Å²) in [5, 5.41) is 28.4. The molecule has 6 nitrogen and oxygen atoms in total. The number of Topliss-reactive ketones (excluding diaryl/α,β-unsaturated/α-hetero) is 2. The fourth-order valence-corrected chi connectivity index (χ4v) is 2.87. The summed E-state index contributed by atoms with van der Waals surface area (Å²) in [5.41, 5.74) is -2.16. The maximum atomic E-state index is 12.2. The predicted octanol–water partition coefficient (Wildman–Crippen LogP) is 1.38. The highest BCUT2D eigenvalue weighted by Gasteiger charge is 2.50. The second kappa shape index (κ2) is 4.63. The van der Waals surface area contributed by atoms with Crippen molar-refractivity contribution >= 4 is 17.5 Å². The minimum Gasteiger partial charge on any atom is -0.504 e. The van der Waals surface area contributed by atoms with Crippen LogP contribution in [-0.4, -0.2) is 32.9 Å². The Labute approximate surface area is 114 Å². The van der Waals surface area contributed by atoms with Gasteiger partial charge in [0.2, 0.25) is 0 Å². The Balaban J connectivity index is 2.80. The Morgan fingerprint density at radius 3 is 2.35 bits per heavy atom. The third-order valence-corrected chi connectivity index (χ3v) is 3.86. The van der Waals surface area contributed by atoms with E-state index < -0.39 is 34.2 Å². The summed E-state index contributed by atoms with van der Waals surface area (Å²) in [4.78, 5) is 35.5. The maximum Gasteiger partial charge on any atom is 0.339 e. The zero-order chi connectivity index (χ0) is 15.1. The monoisotopic (exact) mass is 278 g/mol. The van der Waals surface area contributed by atoms with Crippen molar-refractivity contribution < 1.29 is 29.7 Å². The summed E-state index contributed by atoms with van der Waals surface area (Å²) in [6.45, 7) is 1.23. The summed E-state index contributed by atoms with van der Waals surface area (Å²) in [5.74, 6) is -3.72. The Bertz CT molecular complexity index is 618. The van der Waals surface area contributed by atoms with Gasteiger partial charge in [-0.2, -0.15) is 0 Å². The number of rotatable bonds is 3. The van der Waals surface area contributed by atoms with Crippen LogP contribution in [0.25, 0.3) is 0 Å². The first kappa shape index (κ1) is 14.0. The van der Waals surface area contributed by atoms with Gasteiger partial charge in [0.1, 0.15) is 16.8 Å². The van der Waals surface area contributed by atoms with Crippen LogP contribution in [-0.2, 0) is 15.0 Å². The molecular formula is C14H14O6. The number of aromatic carboxylic acids is 1. The average molecular weight is 278 g/mol. The summed E-state index contributed by atoms with van der Waals surface area (Å²) in [7, 11) is 0. The lowest BCUT2D eigenvalue weighted by molar-refractivity contribution is -0.132. The molecular weight excluding hydrogens is 264 g/mol. The normalized spacial score (nSPS) is 21.9. The molecule has 0 amide bonds. The van der Waals surface area contributed by atoms with Gasteiger partial charge in [0.15, 0.2) is 17.3 Å². The number of carbonyl (C=O) groups is 3. The van der Waals surface area contributed by atoms with Crippen molar-refractivity contribution in [2.24, 2.45) is 0 Å². The molecule has 1 saturated carbocycles. The van der Waals surface area contributed by atoms with Crippen LogP contribution in [0.2, 0.25) is 0 Å². The van der Waals surface area contributed by atoms with E-state index in [0.29, 0.717) is 6.42 Å². The highest BCUT2D eigenvalue weighted by molar-refractivity contribution is 6.15. The van der Waals surface area contributed by atoms with E-state index in [2.05, 4.69) is 0 Å². The number of phenolic OH excluding ortho intramolecular Hbond substituents is 1. The minimum absolute atomic E-state index is 0.0460. The van der Waals surface area contributed by atoms with Gasteiger partial charge in [-0.05, 0) is 31.4 Å². The van der Waals surface area contributed by atoms with E-state index in [1.165, 1.54) is 13.0 Å². The molecule has 1 fully saturated rings. The van der Waals surface area contributed by atoms with Gasteiger partial charge in [0, 0.05) is 6.42 Å². The number of carboxylic acid groups (broad SMARTS) is 1. The van der Waals surface area contributed by atoms with Gasteiger partial charge >= 0.3 is 5.97 Å². The number of phenols is 2. The van der Waals surface area contributed by atoms with Crippen molar-refractivity contribution in [2.45, 2.75) is 31.6 Å². The fraction of sp³-hybridized carbons (Fsp3) is 0.357. The standard InChI is InChI=1S/C14H14O6/c1-7(15)14(6-2-3-10(14)17)8-4-5-9(16)12(18)11(8)13(19)20/h4-5,16,18H,2-3,6H2,1H3,(H,19,20). The Hall–Kier alpha value is -2.37. The first-order chi connectivity index (χ1) is 9.32. The van der Waals surface area contributed by atoms with E-state index in [0.717, 1.165) is 6.07 Å². The SMILES string of the molecule is CC(=O)C1(c2ccc(O)c(O)c2C(=O)O)CCCC1=O. The van der Waals surface area contributed by atoms with Crippen LogP contribution in [0.5, 0.6) is 11.5 Å². The van der Waals surface area contributed by atoms with Crippen molar-refractivity contribution in [1.82, 2.24) is 0 Å². The first-order valence-corrected chi connectivity index (χ1v) is 6.15. The zero-order valence-corrected chi connectivity index (χ0v) is 10.8. The minimum atomic E-state index is -1.53. The fourth-order valence-electron chi connectivity index (χ4n) is 2.87. The van der Waals surface area contributed by atoms with E-state index in [4.69, 9.17) is 0 Å². The maximum absolute atomic E-state index is 12.2. The average Bonchev–Trinajstić information content (AvgIpc) is 2.74. The van der Waals surface area contributed by atoms with Crippen LogP contribution in [0.3, 0.4) is 0 Å². The van der Waals surface area contributed by atoms with Gasteiger partial charge in [-0.25, -0.2) is 4.79 Å². The molecule has 1 aliphatic rings. The van der Waals surface area contributed by atoms with Crippen molar-refractivity contribution in [3.8, 4) is 11.5 Å². The summed E-state index contributed by atoms with van der Waals surface area (Å²) in [6.07, 6.45) is 0.894. The molecule has 0 bridgehead atoms. The molecule has 0 aromatic heterocycles. The molecule has 3 N–H and O–H groups in total. The van der Waals surface area contributed by atoms with Crippen LogP contribution in [0.15, 0.2) is 12.1 Å². The van der Waals surface area contributed by atoms with Gasteiger partial charge in [-0.3, -0.25) is 9.59 Å². The first-order valence-electron chi connectivity index (χ1n) is 6.15. The Kier molecular flexibility index (Phi) is 3.25. The van der Waals surface area contributed by atoms with Crippen molar-refractivity contribution in [1.29, 1.82) is 0 Å². The highest BCUT2D eigenvalue weighted by Crippen LogP contribution is 2.44. The molecule has 1 aliphatic carbocycles. The van der Waals surface area contributed by atoms with E-state index in [-0.39, 0.29) is 24.2 Å². The van der Waals surface area contributed by atoms with Crippen molar-refractivity contribution in [3.05, 3.63) is 23.3 Å². The van der Waals surface area contributed by atoms with E-state index in [9.17, 15) is 29.7 Å². The number of carboxylic acids is 1. The highest BCUT2D eigenvalue weighted by atomic mass is 16.4. The lowest BCUT2D eigenvalue weighted by Gasteiger charge is -2.26. The number of ketones is 2. The Morgan fingerprint density at radius 1 is 1.25 bits per heavy atom. The molecule has 6 heteroatoms. The molecule has 1 aromatic rings. The predicted molar refractivity (Wildman–Crippen MR) is 67.9 cm³/mol. The molecule has 0 radical (unpaired) electrons. The number of benzene rings is 1. The Morgan fingerprint density at radius 2 is 1.90 bits per heavy atom. The van der Waals surface area contributed by atoms with Gasteiger partial charge in [0.05, 0.1) is 0 Å². The van der Waals surface area contributed by atoms with Crippen molar-refractivity contribution in [3.63, 3.8) is 0 Å². The third kappa shape index (κ3) is 1.76. The largest absolute Gasteiger partial charge is 0.504 e. The molecule has 1 atom stereocenters. The number of hydrogen-bond donors (Lipinski definition) is 3. The number of aromatic hydroxyl groups is 2. The van der Waals surface area contributed by atoms with Gasteiger partial charge < -0.3 is 15.3 Å². The van der Waals surface area contributed by atoms with Gasteiger partial charge in [-0.15, -0.1) is 0 Å². The van der Waals surface area contributed by atoms with E-state index in [1.807, 2.05) is 0 Å². The summed E-state index contributed by atoms with van der Waals surface area (Å²) in [6, 6.07) is 2.32. The van der Waals surface area contributed by atoms with Crippen LogP contribution in [0.1, 0.15) is 42.1 Å². The lowest BCUT2D eigenvalue weighted by Crippen LogP contribution is -2.39. The number of hydrogen-bond acceptors (Lipinski definition) is 5. The topological polar surface area (TPSA) is 112 Å². The molecule has 0 saturated heterocycles. The van der Waals surface area contributed by atoms with Crippen LogP contribution >= 0.6 is 0 Å². The smallest absolute Gasteiger partial charge is 0.339 e.